The van der Waals surface area contributed by atoms with Crippen molar-refractivity contribution >= 4 is 26.0 Å². The van der Waals surface area contributed by atoms with Crippen LogP contribution in [-0.2, 0) is 23.1 Å². The molecule has 0 atom stereocenters. The molecule has 0 saturated carbocycles. The third-order valence-electron chi connectivity index (χ3n) is 2.94. The van der Waals surface area contributed by atoms with E-state index in [4.69, 9.17) is 5.14 Å². The number of benzene rings is 2. The van der Waals surface area contributed by atoms with Gasteiger partial charge in [-0.2, -0.15) is 0 Å². The number of hydrogen-bond donors (Lipinski definition) is 3. The second-order valence-electron chi connectivity index (χ2n) is 4.54. The first-order valence-corrected chi connectivity index (χ1v) is 8.50. The number of para-hydroxylation sites is 1. The molecule has 0 aliphatic carbocycles. The summed E-state index contributed by atoms with van der Waals surface area (Å²) in [4.78, 5) is 0.0899. The Labute approximate surface area is 132 Å². The van der Waals surface area contributed by atoms with Crippen LogP contribution in [0.2, 0.25) is 0 Å². The predicted octanol–water partition coefficient (Wildman–Crippen LogP) is 2.09. The summed E-state index contributed by atoms with van der Waals surface area (Å²) in [7, 11) is -3.69. The van der Waals surface area contributed by atoms with Crippen LogP contribution < -0.4 is 10.5 Å². The highest BCUT2D eigenvalue weighted by atomic mass is 79.9. The highest BCUT2D eigenvalue weighted by molar-refractivity contribution is 9.10. The maximum Gasteiger partial charge on any atom is 0.238 e. The van der Waals surface area contributed by atoms with Crippen molar-refractivity contribution in [2.24, 2.45) is 5.14 Å². The van der Waals surface area contributed by atoms with Gasteiger partial charge in [-0.3, -0.25) is 0 Å². The minimum atomic E-state index is -3.69. The molecule has 0 spiro atoms. The molecule has 0 heterocycles. The lowest BCUT2D eigenvalue weighted by atomic mass is 10.2. The molecule has 2 aromatic rings. The zero-order valence-electron chi connectivity index (χ0n) is 11.1. The Balaban J connectivity index is 2.03. The number of nitrogens with one attached hydrogen (secondary N) is 1. The van der Waals surface area contributed by atoms with E-state index in [9.17, 15) is 13.5 Å². The van der Waals surface area contributed by atoms with Crippen LogP contribution in [0.4, 0.5) is 0 Å². The fraction of sp³-hybridized carbons (Fsp3) is 0.143. The second kappa shape index (κ2) is 6.57. The van der Waals surface area contributed by atoms with Gasteiger partial charge in [-0.25, -0.2) is 13.6 Å². The molecule has 0 fully saturated rings. The molecule has 5 nitrogen and oxygen atoms in total. The zero-order valence-corrected chi connectivity index (χ0v) is 13.5. The number of phenols is 1. The van der Waals surface area contributed by atoms with Gasteiger partial charge < -0.3 is 10.4 Å². The number of rotatable bonds is 5. The maximum atomic E-state index is 11.3. The quantitative estimate of drug-likeness (QED) is 0.751. The normalized spacial score (nSPS) is 11.5. The Bertz CT molecular complexity index is 748. The summed E-state index contributed by atoms with van der Waals surface area (Å²) in [5, 5.41) is 18.1. The van der Waals surface area contributed by atoms with E-state index < -0.39 is 10.0 Å². The predicted molar refractivity (Wildman–Crippen MR) is 84.2 cm³/mol. The first-order valence-electron chi connectivity index (χ1n) is 6.17. The van der Waals surface area contributed by atoms with Gasteiger partial charge in [0.2, 0.25) is 10.0 Å². The third kappa shape index (κ3) is 4.28. The molecule has 0 aromatic heterocycles. The Morgan fingerprint density at radius 3 is 2.57 bits per heavy atom. The number of phenolic OH excluding ortho intramolecular Hbond substituents is 1. The number of hydrogen-bond acceptors (Lipinski definition) is 4. The zero-order chi connectivity index (χ0) is 15.5. The van der Waals surface area contributed by atoms with Crippen LogP contribution in [0.15, 0.2) is 51.8 Å². The van der Waals surface area contributed by atoms with E-state index in [1.54, 1.807) is 12.1 Å². The lowest BCUT2D eigenvalue weighted by Gasteiger charge is -2.09. The van der Waals surface area contributed by atoms with Crippen LogP contribution in [-0.4, -0.2) is 13.5 Å². The molecular formula is C14H15BrN2O3S. The molecule has 0 amide bonds. The van der Waals surface area contributed by atoms with Gasteiger partial charge in [0.15, 0.2) is 0 Å². The molecule has 0 saturated heterocycles. The average Bonchev–Trinajstić information content (AvgIpc) is 2.43. The summed E-state index contributed by atoms with van der Waals surface area (Å²) in [5.74, 6) is 0.197. The topological polar surface area (TPSA) is 92.4 Å². The van der Waals surface area contributed by atoms with Gasteiger partial charge in [-0.15, -0.1) is 0 Å². The molecule has 0 radical (unpaired) electrons. The van der Waals surface area contributed by atoms with Crippen molar-refractivity contribution in [2.75, 3.05) is 0 Å². The Kier molecular flexibility index (Phi) is 5.00. The minimum absolute atomic E-state index is 0.0899. The van der Waals surface area contributed by atoms with Gasteiger partial charge in [-0.05, 0) is 39.7 Å². The van der Waals surface area contributed by atoms with Crippen LogP contribution in [0.25, 0.3) is 0 Å². The molecule has 2 aromatic carbocycles. The van der Waals surface area contributed by atoms with Crippen LogP contribution in [0.1, 0.15) is 11.1 Å². The SMILES string of the molecule is NS(=O)(=O)c1cccc(CNCc2cccc(Br)c2O)c1. The van der Waals surface area contributed by atoms with Crippen LogP contribution >= 0.6 is 15.9 Å². The van der Waals surface area contributed by atoms with E-state index in [0.29, 0.717) is 17.6 Å². The standard InChI is InChI=1S/C14H15BrN2O3S/c15-13-6-2-4-11(14(13)18)9-17-8-10-3-1-5-12(7-10)21(16,19)20/h1-7,17-18H,8-9H2,(H2,16,19,20). The average molecular weight is 371 g/mol. The largest absolute Gasteiger partial charge is 0.506 e. The number of nitrogens with two attached hydrogens (primary N) is 1. The fourth-order valence-corrected chi connectivity index (χ4v) is 2.87. The van der Waals surface area contributed by atoms with Gasteiger partial charge >= 0.3 is 0 Å². The summed E-state index contributed by atoms with van der Waals surface area (Å²) < 4.78 is 23.2. The first kappa shape index (κ1) is 16.0. The molecular weight excluding hydrogens is 356 g/mol. The number of primary sulfonamides is 1. The van der Waals surface area contributed by atoms with Crippen molar-refractivity contribution in [3.05, 3.63) is 58.1 Å². The monoisotopic (exact) mass is 370 g/mol. The van der Waals surface area contributed by atoms with Crippen molar-refractivity contribution in [3.8, 4) is 5.75 Å². The van der Waals surface area contributed by atoms with Crippen molar-refractivity contribution < 1.29 is 13.5 Å². The van der Waals surface area contributed by atoms with Crippen molar-refractivity contribution in [1.29, 1.82) is 0 Å². The van der Waals surface area contributed by atoms with E-state index >= 15 is 0 Å². The van der Waals surface area contributed by atoms with Crippen molar-refractivity contribution in [2.45, 2.75) is 18.0 Å². The summed E-state index contributed by atoms with van der Waals surface area (Å²) in [5.41, 5.74) is 1.56. The van der Waals surface area contributed by atoms with E-state index in [2.05, 4.69) is 21.2 Å². The van der Waals surface area contributed by atoms with Crippen molar-refractivity contribution in [1.82, 2.24) is 5.32 Å². The highest BCUT2D eigenvalue weighted by Crippen LogP contribution is 2.27. The lowest BCUT2D eigenvalue weighted by Crippen LogP contribution is -2.15. The summed E-state index contributed by atoms with van der Waals surface area (Å²) >= 11 is 3.26. The van der Waals surface area contributed by atoms with Crippen LogP contribution in [0.3, 0.4) is 0 Å². The highest BCUT2D eigenvalue weighted by Gasteiger charge is 2.08. The maximum absolute atomic E-state index is 11.3. The molecule has 2 rings (SSSR count). The minimum Gasteiger partial charge on any atom is -0.506 e. The number of sulfonamides is 1. The molecule has 4 N–H and O–H groups in total. The van der Waals surface area contributed by atoms with E-state index in [1.807, 2.05) is 18.2 Å². The third-order valence-corrected chi connectivity index (χ3v) is 4.49. The summed E-state index contributed by atoms with van der Waals surface area (Å²) in [6.45, 7) is 0.931. The molecule has 0 aliphatic rings. The van der Waals surface area contributed by atoms with Crippen LogP contribution in [0, 0.1) is 0 Å². The van der Waals surface area contributed by atoms with Gasteiger partial charge in [-0.1, -0.05) is 24.3 Å². The smallest absolute Gasteiger partial charge is 0.238 e. The summed E-state index contributed by atoms with van der Waals surface area (Å²) in [6, 6.07) is 11.8. The molecule has 0 aliphatic heterocycles. The van der Waals surface area contributed by atoms with E-state index in [0.717, 1.165) is 11.1 Å². The van der Waals surface area contributed by atoms with Gasteiger partial charge in [0, 0.05) is 18.7 Å². The van der Waals surface area contributed by atoms with Gasteiger partial charge in [0.25, 0.3) is 0 Å². The first-order chi connectivity index (χ1) is 9.88. The van der Waals surface area contributed by atoms with Crippen molar-refractivity contribution in [3.63, 3.8) is 0 Å². The molecule has 0 unspecified atom stereocenters. The Morgan fingerprint density at radius 2 is 1.86 bits per heavy atom. The van der Waals surface area contributed by atoms with E-state index in [-0.39, 0.29) is 10.6 Å². The van der Waals surface area contributed by atoms with Gasteiger partial charge in [0.1, 0.15) is 5.75 Å². The summed E-state index contributed by atoms with van der Waals surface area (Å²) in [6.07, 6.45) is 0. The lowest BCUT2D eigenvalue weighted by molar-refractivity contribution is 0.461. The molecule has 0 bridgehead atoms. The number of halogens is 1. The van der Waals surface area contributed by atoms with Gasteiger partial charge in [0.05, 0.1) is 9.37 Å². The fourth-order valence-electron chi connectivity index (χ4n) is 1.88. The Hall–Kier alpha value is -1.41. The van der Waals surface area contributed by atoms with E-state index in [1.165, 1.54) is 12.1 Å². The molecule has 7 heteroatoms. The van der Waals surface area contributed by atoms with Crippen LogP contribution in [0.5, 0.6) is 5.75 Å². The second-order valence-corrected chi connectivity index (χ2v) is 6.96. The Morgan fingerprint density at radius 1 is 1.14 bits per heavy atom. The molecule has 21 heavy (non-hydrogen) atoms. The molecule has 112 valence electrons. The number of aromatic hydroxyl groups is 1.